The highest BCUT2D eigenvalue weighted by molar-refractivity contribution is 6.58. The Morgan fingerprint density at radius 2 is 1.70 bits per heavy atom. The third-order valence-electron chi connectivity index (χ3n) is 3.71. The Kier molecular flexibility index (Phi) is 3.34. The van der Waals surface area contributed by atoms with E-state index >= 15 is 0 Å². The van der Waals surface area contributed by atoms with E-state index < -0.39 is 7.12 Å². The molecule has 0 aliphatic carbocycles. The summed E-state index contributed by atoms with van der Waals surface area (Å²) >= 11 is 0. The zero-order valence-corrected chi connectivity index (χ0v) is 11.3. The van der Waals surface area contributed by atoms with Crippen molar-refractivity contribution in [3.8, 4) is 0 Å². The van der Waals surface area contributed by atoms with E-state index in [9.17, 15) is 0 Å². The van der Waals surface area contributed by atoms with Gasteiger partial charge in [0.2, 0.25) is 0 Å². The minimum atomic E-state index is -1.40. The summed E-state index contributed by atoms with van der Waals surface area (Å²) in [5.41, 5.74) is 4.14. The molecule has 0 saturated carbocycles. The van der Waals surface area contributed by atoms with Crippen molar-refractivity contribution in [3.63, 3.8) is 0 Å². The lowest BCUT2D eigenvalue weighted by Crippen LogP contribution is -2.29. The van der Waals surface area contributed by atoms with E-state index in [2.05, 4.69) is 29.8 Å². The lowest BCUT2D eigenvalue weighted by Gasteiger charge is -2.06. The van der Waals surface area contributed by atoms with Crippen LogP contribution in [0.1, 0.15) is 11.3 Å². The molecule has 0 aliphatic rings. The summed E-state index contributed by atoms with van der Waals surface area (Å²) in [5.74, 6) is 0. The van der Waals surface area contributed by atoms with Crippen molar-refractivity contribution in [2.24, 2.45) is 7.05 Å². The van der Waals surface area contributed by atoms with Gasteiger partial charge in [0, 0.05) is 24.7 Å². The first-order valence-electron chi connectivity index (χ1n) is 6.63. The fourth-order valence-corrected chi connectivity index (χ4v) is 2.53. The molecule has 0 unspecified atom stereocenters. The van der Waals surface area contributed by atoms with E-state index in [4.69, 9.17) is 10.0 Å². The summed E-state index contributed by atoms with van der Waals surface area (Å²) in [6.07, 6.45) is 0.826. The first kappa shape index (κ1) is 13.0. The number of aryl methyl sites for hydroxylation is 1. The molecular formula is C16H16BNO2. The predicted molar refractivity (Wildman–Crippen MR) is 82.0 cm³/mol. The first-order valence-corrected chi connectivity index (χ1v) is 6.63. The summed E-state index contributed by atoms with van der Waals surface area (Å²) in [7, 11) is 0.672. The van der Waals surface area contributed by atoms with Crippen molar-refractivity contribution >= 4 is 23.5 Å². The number of fused-ring (bicyclic) bond motifs is 1. The van der Waals surface area contributed by atoms with Crippen LogP contribution in [0.25, 0.3) is 10.9 Å². The first-order chi connectivity index (χ1) is 9.65. The van der Waals surface area contributed by atoms with Gasteiger partial charge in [-0.3, -0.25) is 0 Å². The van der Waals surface area contributed by atoms with Gasteiger partial charge in [0.25, 0.3) is 0 Å². The maximum atomic E-state index is 9.10. The fraction of sp³-hybridized carbons (Fsp3) is 0.125. The standard InChI is InChI=1S/C16H16BNO2/c1-18-15(11-13-4-2-3-5-16(13)18)10-12-6-8-14(9-7-12)17(19)20/h2-9,11,19-20H,10H2,1H3. The molecule has 100 valence electrons. The van der Waals surface area contributed by atoms with E-state index in [-0.39, 0.29) is 0 Å². The Balaban J connectivity index is 1.91. The lowest BCUT2D eigenvalue weighted by atomic mass is 9.80. The molecule has 3 aromatic rings. The molecule has 0 atom stereocenters. The van der Waals surface area contributed by atoms with Gasteiger partial charge in [-0.1, -0.05) is 42.5 Å². The van der Waals surface area contributed by atoms with Gasteiger partial charge in [0.15, 0.2) is 0 Å². The van der Waals surface area contributed by atoms with E-state index in [1.54, 1.807) is 12.1 Å². The Bertz CT molecular complexity index is 732. The number of hydrogen-bond donors (Lipinski definition) is 2. The molecule has 1 aromatic heterocycles. The molecule has 0 fully saturated rings. The van der Waals surface area contributed by atoms with Crippen molar-refractivity contribution in [1.82, 2.24) is 4.57 Å². The third-order valence-corrected chi connectivity index (χ3v) is 3.71. The summed E-state index contributed by atoms with van der Waals surface area (Å²) in [4.78, 5) is 0. The molecule has 3 nitrogen and oxygen atoms in total. The van der Waals surface area contributed by atoms with Gasteiger partial charge in [-0.25, -0.2) is 0 Å². The molecule has 4 heteroatoms. The molecule has 0 radical (unpaired) electrons. The molecular weight excluding hydrogens is 249 g/mol. The van der Waals surface area contributed by atoms with Crippen LogP contribution in [0, 0.1) is 0 Å². The highest BCUT2D eigenvalue weighted by Gasteiger charge is 2.10. The molecule has 0 amide bonds. The van der Waals surface area contributed by atoms with Gasteiger partial charge < -0.3 is 14.6 Å². The number of rotatable bonds is 3. The van der Waals surface area contributed by atoms with Crippen LogP contribution in [-0.4, -0.2) is 21.7 Å². The molecule has 0 bridgehead atoms. The van der Waals surface area contributed by atoms with Gasteiger partial charge in [-0.05, 0) is 28.5 Å². The minimum absolute atomic E-state index is 0.519. The smallest absolute Gasteiger partial charge is 0.423 e. The largest absolute Gasteiger partial charge is 0.488 e. The lowest BCUT2D eigenvalue weighted by molar-refractivity contribution is 0.426. The predicted octanol–water partition coefficient (Wildman–Crippen LogP) is 1.45. The Labute approximate surface area is 118 Å². The van der Waals surface area contributed by atoms with Crippen molar-refractivity contribution in [1.29, 1.82) is 0 Å². The zero-order valence-electron chi connectivity index (χ0n) is 11.3. The number of para-hydroxylation sites is 1. The molecule has 0 aliphatic heterocycles. The minimum Gasteiger partial charge on any atom is -0.423 e. The van der Waals surface area contributed by atoms with Gasteiger partial charge >= 0.3 is 7.12 Å². The second-order valence-corrected chi connectivity index (χ2v) is 5.05. The maximum Gasteiger partial charge on any atom is 0.488 e. The summed E-state index contributed by atoms with van der Waals surface area (Å²) in [6.45, 7) is 0. The maximum absolute atomic E-state index is 9.10. The normalized spacial score (nSPS) is 10.9. The molecule has 2 N–H and O–H groups in total. The summed E-state index contributed by atoms with van der Waals surface area (Å²) < 4.78 is 2.20. The second-order valence-electron chi connectivity index (χ2n) is 5.05. The SMILES string of the molecule is Cn1c(Cc2ccc(B(O)O)cc2)cc2ccccc21. The molecule has 2 aromatic carbocycles. The van der Waals surface area contributed by atoms with Crippen molar-refractivity contribution in [3.05, 3.63) is 65.9 Å². The van der Waals surface area contributed by atoms with Gasteiger partial charge in [0.05, 0.1) is 0 Å². The Hall–Kier alpha value is -2.04. The third kappa shape index (κ3) is 2.35. The molecule has 20 heavy (non-hydrogen) atoms. The van der Waals surface area contributed by atoms with Crippen LogP contribution in [0.5, 0.6) is 0 Å². The second kappa shape index (κ2) is 5.15. The van der Waals surface area contributed by atoms with Crippen LogP contribution in [0.4, 0.5) is 0 Å². The molecule has 0 saturated heterocycles. The van der Waals surface area contributed by atoms with Crippen LogP contribution < -0.4 is 5.46 Å². The van der Waals surface area contributed by atoms with Gasteiger partial charge in [-0.2, -0.15) is 0 Å². The highest BCUT2D eigenvalue weighted by atomic mass is 16.4. The van der Waals surface area contributed by atoms with Crippen molar-refractivity contribution < 1.29 is 10.0 Å². The number of nitrogens with zero attached hydrogens (tertiary/aromatic N) is 1. The van der Waals surface area contributed by atoms with Crippen LogP contribution >= 0.6 is 0 Å². The average Bonchev–Trinajstić information content (AvgIpc) is 2.77. The Morgan fingerprint density at radius 3 is 2.35 bits per heavy atom. The highest BCUT2D eigenvalue weighted by Crippen LogP contribution is 2.20. The van der Waals surface area contributed by atoms with E-state index in [0.29, 0.717) is 5.46 Å². The van der Waals surface area contributed by atoms with Crippen LogP contribution in [0.15, 0.2) is 54.6 Å². The van der Waals surface area contributed by atoms with Crippen molar-refractivity contribution in [2.75, 3.05) is 0 Å². The Morgan fingerprint density at radius 1 is 1.00 bits per heavy atom. The van der Waals surface area contributed by atoms with E-state index in [1.165, 1.54) is 16.6 Å². The van der Waals surface area contributed by atoms with Crippen LogP contribution in [0.2, 0.25) is 0 Å². The van der Waals surface area contributed by atoms with E-state index in [1.807, 2.05) is 24.3 Å². The van der Waals surface area contributed by atoms with Crippen molar-refractivity contribution in [2.45, 2.75) is 6.42 Å². The van der Waals surface area contributed by atoms with Gasteiger partial charge in [0.1, 0.15) is 0 Å². The van der Waals surface area contributed by atoms with Gasteiger partial charge in [-0.15, -0.1) is 0 Å². The summed E-state index contributed by atoms with van der Waals surface area (Å²) in [6, 6.07) is 17.9. The number of aromatic nitrogens is 1. The fourth-order valence-electron chi connectivity index (χ4n) is 2.53. The molecule has 0 spiro atoms. The van der Waals surface area contributed by atoms with E-state index in [0.717, 1.165) is 12.0 Å². The molecule has 3 rings (SSSR count). The van der Waals surface area contributed by atoms with Crippen LogP contribution in [0.3, 0.4) is 0 Å². The quantitative estimate of drug-likeness (QED) is 0.704. The average molecular weight is 265 g/mol. The monoisotopic (exact) mass is 265 g/mol. The number of hydrogen-bond acceptors (Lipinski definition) is 2. The summed E-state index contributed by atoms with van der Waals surface area (Å²) in [5, 5.41) is 19.4. The zero-order chi connectivity index (χ0) is 14.1. The van der Waals surface area contributed by atoms with Crippen LogP contribution in [-0.2, 0) is 13.5 Å². The topological polar surface area (TPSA) is 45.4 Å². The molecule has 1 heterocycles. The number of benzene rings is 2.